The first-order valence-corrected chi connectivity index (χ1v) is 7.93. The molecule has 112 valence electrons. The van der Waals surface area contributed by atoms with Crippen LogP contribution in [0, 0.1) is 10.8 Å². The Hall–Kier alpha value is 0.350. The lowest BCUT2D eigenvalue weighted by atomic mass is 9.78. The van der Waals surface area contributed by atoms with Crippen LogP contribution in [-0.4, -0.2) is 9.49 Å². The summed E-state index contributed by atoms with van der Waals surface area (Å²) >= 11 is 2.01. The molecule has 0 saturated heterocycles. The lowest BCUT2D eigenvalue weighted by Crippen LogP contribution is -2.19. The van der Waals surface area contributed by atoms with Crippen molar-refractivity contribution in [2.24, 2.45) is 10.8 Å². The van der Waals surface area contributed by atoms with Crippen LogP contribution in [0.1, 0.15) is 89.5 Å². The Morgan fingerprint density at radius 2 is 0.722 bits per heavy atom. The van der Waals surface area contributed by atoms with Crippen LogP contribution in [-0.2, 0) is 0 Å². The Bertz CT molecular complexity index is 162. The summed E-state index contributed by atoms with van der Waals surface area (Å²) in [4.78, 5) is 0. The van der Waals surface area contributed by atoms with Crippen LogP contribution in [0.3, 0.4) is 0 Å². The summed E-state index contributed by atoms with van der Waals surface area (Å²) in [7, 11) is 0. The van der Waals surface area contributed by atoms with Gasteiger partial charge in [-0.15, -0.1) is 0 Å². The molecule has 0 fully saturated rings. The summed E-state index contributed by atoms with van der Waals surface area (Å²) in [6, 6.07) is 0. The predicted molar refractivity (Wildman–Crippen MR) is 90.6 cm³/mol. The van der Waals surface area contributed by atoms with E-state index in [4.69, 9.17) is 0 Å². The third-order valence-electron chi connectivity index (χ3n) is 1.67. The van der Waals surface area contributed by atoms with Crippen molar-refractivity contribution in [1.29, 1.82) is 0 Å². The summed E-state index contributed by atoms with van der Waals surface area (Å²) in [6.07, 6.45) is 1.29. The quantitative estimate of drug-likeness (QED) is 0.469. The summed E-state index contributed by atoms with van der Waals surface area (Å²) < 4.78 is 0.802. The second-order valence-corrected chi connectivity index (χ2v) is 12.3. The zero-order chi connectivity index (χ0) is 15.4. The topological polar surface area (TPSA) is 0 Å². The van der Waals surface area contributed by atoms with Gasteiger partial charge in [0.1, 0.15) is 0 Å². The molecule has 0 amide bonds. The number of hydrogen-bond donors (Lipinski definition) is 0. The summed E-state index contributed by atoms with van der Waals surface area (Å²) in [5.41, 5.74) is 0.969. The highest BCUT2D eigenvalue weighted by molar-refractivity contribution is 8.01. The maximum absolute atomic E-state index is 2.29. The Kier molecular flexibility index (Phi) is 7.67. The van der Waals surface area contributed by atoms with E-state index in [0.717, 1.165) is 0 Å². The number of hydrogen-bond acceptors (Lipinski definition) is 1. The predicted octanol–water partition coefficient (Wildman–Crippen LogP) is 6.79. The Balaban J connectivity index is 0. The molecule has 0 aromatic carbocycles. The minimum atomic E-state index is 0.401. The molecule has 0 nitrogen and oxygen atoms in total. The minimum absolute atomic E-state index is 0.401. The smallest absolute Gasteiger partial charge is 0.00803 e. The first-order chi connectivity index (χ1) is 7.41. The van der Waals surface area contributed by atoms with E-state index < -0.39 is 0 Å². The molecule has 0 aliphatic carbocycles. The standard InChI is InChI=1S/C9H20.C8H18S/c1-8(2,3)7-9(4,5)6;1-7(2,3)9-8(4,5)6/h7H2,1-6H3;1-6H3. The maximum Gasteiger partial charge on any atom is 0.00803 e. The third kappa shape index (κ3) is 25.3. The monoisotopic (exact) mass is 274 g/mol. The fourth-order valence-electron chi connectivity index (χ4n) is 2.51. The highest BCUT2D eigenvalue weighted by Gasteiger charge is 2.21. The largest absolute Gasteiger partial charge is 0.150 e. The Labute approximate surface area is 122 Å². The average molecular weight is 275 g/mol. The van der Waals surface area contributed by atoms with Gasteiger partial charge in [-0.05, 0) is 17.3 Å². The van der Waals surface area contributed by atoms with Gasteiger partial charge in [-0.2, -0.15) is 11.8 Å². The number of thioether (sulfide) groups is 1. The Morgan fingerprint density at radius 3 is 0.722 bits per heavy atom. The van der Waals surface area contributed by atoms with Gasteiger partial charge in [-0.3, -0.25) is 0 Å². The minimum Gasteiger partial charge on any atom is -0.150 e. The van der Waals surface area contributed by atoms with Gasteiger partial charge in [0.2, 0.25) is 0 Å². The third-order valence-corrected chi connectivity index (χ3v) is 2.90. The first kappa shape index (κ1) is 20.7. The van der Waals surface area contributed by atoms with Crippen molar-refractivity contribution in [3.05, 3.63) is 0 Å². The average Bonchev–Trinajstić information content (AvgIpc) is 1.64. The van der Waals surface area contributed by atoms with Crippen LogP contribution >= 0.6 is 11.8 Å². The molecule has 0 rings (SSSR count). The molecule has 0 N–H and O–H groups in total. The van der Waals surface area contributed by atoms with Gasteiger partial charge in [-0.1, -0.05) is 83.1 Å². The lowest BCUT2D eigenvalue weighted by molar-refractivity contribution is 0.233. The SMILES string of the molecule is CC(C)(C)CC(C)(C)C.CC(C)(C)SC(C)(C)C. The molecule has 0 aliphatic heterocycles. The van der Waals surface area contributed by atoms with E-state index in [1.165, 1.54) is 6.42 Å². The molecule has 0 spiro atoms. The molecule has 0 aromatic rings. The van der Waals surface area contributed by atoms with Crippen LogP contribution in [0.25, 0.3) is 0 Å². The van der Waals surface area contributed by atoms with Crippen LogP contribution in [0.15, 0.2) is 0 Å². The van der Waals surface area contributed by atoms with Crippen LogP contribution in [0.2, 0.25) is 0 Å². The molecule has 0 aromatic heterocycles. The fourth-order valence-corrected chi connectivity index (χ4v) is 4.35. The molecule has 0 bridgehead atoms. The van der Waals surface area contributed by atoms with E-state index in [1.807, 2.05) is 11.8 Å². The lowest BCUT2D eigenvalue weighted by Gasteiger charge is -2.28. The first-order valence-electron chi connectivity index (χ1n) is 7.12. The molecule has 18 heavy (non-hydrogen) atoms. The van der Waals surface area contributed by atoms with Crippen molar-refractivity contribution >= 4 is 11.8 Å². The van der Waals surface area contributed by atoms with E-state index >= 15 is 0 Å². The van der Waals surface area contributed by atoms with Crippen molar-refractivity contribution in [2.45, 2.75) is 99.0 Å². The van der Waals surface area contributed by atoms with Gasteiger partial charge < -0.3 is 0 Å². The highest BCUT2D eigenvalue weighted by Crippen LogP contribution is 2.35. The van der Waals surface area contributed by atoms with E-state index in [-0.39, 0.29) is 0 Å². The maximum atomic E-state index is 2.29. The summed E-state index contributed by atoms with van der Waals surface area (Å²) in [5.74, 6) is 0. The summed E-state index contributed by atoms with van der Waals surface area (Å²) in [5, 5.41) is 0. The van der Waals surface area contributed by atoms with E-state index in [1.54, 1.807) is 0 Å². The van der Waals surface area contributed by atoms with Crippen LogP contribution in [0.4, 0.5) is 0 Å². The second-order valence-electron chi connectivity index (χ2n) is 9.62. The van der Waals surface area contributed by atoms with Gasteiger partial charge in [0.05, 0.1) is 0 Å². The van der Waals surface area contributed by atoms with Gasteiger partial charge in [0.15, 0.2) is 0 Å². The normalized spacial score (nSPS) is 14.0. The molecule has 0 radical (unpaired) electrons. The summed E-state index contributed by atoms with van der Waals surface area (Å²) in [6.45, 7) is 27.3. The van der Waals surface area contributed by atoms with Crippen LogP contribution < -0.4 is 0 Å². The molecule has 0 unspecified atom stereocenters. The Morgan fingerprint density at radius 1 is 0.500 bits per heavy atom. The zero-order valence-electron chi connectivity index (χ0n) is 15.1. The van der Waals surface area contributed by atoms with Crippen molar-refractivity contribution < 1.29 is 0 Å². The fraction of sp³-hybridized carbons (Fsp3) is 1.00. The van der Waals surface area contributed by atoms with Gasteiger partial charge in [-0.25, -0.2) is 0 Å². The van der Waals surface area contributed by atoms with Gasteiger partial charge >= 0.3 is 0 Å². The molecular formula is C17H38S. The molecular weight excluding hydrogens is 236 g/mol. The van der Waals surface area contributed by atoms with Crippen molar-refractivity contribution in [3.8, 4) is 0 Å². The van der Waals surface area contributed by atoms with E-state index in [0.29, 0.717) is 20.3 Å². The highest BCUT2D eigenvalue weighted by atomic mass is 32.2. The van der Waals surface area contributed by atoms with Gasteiger partial charge in [0, 0.05) is 9.49 Å². The van der Waals surface area contributed by atoms with Crippen LogP contribution in [0.5, 0.6) is 0 Å². The zero-order valence-corrected chi connectivity index (χ0v) is 15.9. The molecule has 0 heterocycles. The van der Waals surface area contributed by atoms with E-state index in [2.05, 4.69) is 83.1 Å². The van der Waals surface area contributed by atoms with Gasteiger partial charge in [0.25, 0.3) is 0 Å². The molecule has 0 atom stereocenters. The molecule has 0 saturated carbocycles. The molecule has 0 aliphatic rings. The molecule has 1 heteroatoms. The van der Waals surface area contributed by atoms with Crippen molar-refractivity contribution in [1.82, 2.24) is 0 Å². The van der Waals surface area contributed by atoms with Crippen molar-refractivity contribution in [3.63, 3.8) is 0 Å². The van der Waals surface area contributed by atoms with Crippen molar-refractivity contribution in [2.75, 3.05) is 0 Å². The second kappa shape index (κ2) is 6.68. The number of rotatable bonds is 0. The van der Waals surface area contributed by atoms with E-state index in [9.17, 15) is 0 Å².